The maximum Gasteiger partial charge on any atom is 0.226 e. The van der Waals surface area contributed by atoms with Crippen molar-refractivity contribution in [3.8, 4) is 17.2 Å². The average molecular weight is 370 g/mol. The van der Waals surface area contributed by atoms with Crippen molar-refractivity contribution in [2.75, 3.05) is 12.4 Å². The van der Waals surface area contributed by atoms with E-state index in [1.165, 1.54) is 7.11 Å². The number of ether oxygens (including phenoxy) is 1. The molecule has 7 heteroatoms. The van der Waals surface area contributed by atoms with Crippen LogP contribution in [0.4, 0.5) is 5.82 Å². The van der Waals surface area contributed by atoms with E-state index in [-0.39, 0.29) is 24.0 Å². The first-order chi connectivity index (χ1) is 12.6. The molecule has 0 saturated carbocycles. The molecule has 1 aliphatic heterocycles. The lowest BCUT2D eigenvalue weighted by atomic mass is 9.89. The zero-order chi connectivity index (χ0) is 18.3. The molecule has 0 bridgehead atoms. The lowest BCUT2D eigenvalue weighted by Crippen LogP contribution is -2.24. The Hall–Kier alpha value is -2.99. The minimum atomic E-state index is -0.228. The van der Waals surface area contributed by atoms with E-state index in [4.69, 9.17) is 16.3 Å². The molecule has 26 heavy (non-hydrogen) atoms. The maximum atomic E-state index is 12.3. The number of hydrogen-bond donors (Lipinski definition) is 2. The number of aromatic nitrogens is 2. The van der Waals surface area contributed by atoms with Gasteiger partial charge in [0.25, 0.3) is 0 Å². The molecule has 0 unspecified atom stereocenters. The van der Waals surface area contributed by atoms with Crippen LogP contribution in [-0.4, -0.2) is 27.7 Å². The summed E-state index contributed by atoms with van der Waals surface area (Å²) < 4.78 is 7.00. The summed E-state index contributed by atoms with van der Waals surface area (Å²) in [5.74, 6) is 0.720. The van der Waals surface area contributed by atoms with Crippen LogP contribution in [0.2, 0.25) is 5.02 Å². The van der Waals surface area contributed by atoms with Crippen molar-refractivity contribution in [3.63, 3.8) is 0 Å². The van der Waals surface area contributed by atoms with E-state index in [2.05, 4.69) is 10.3 Å². The number of methoxy groups -OCH3 is 1. The van der Waals surface area contributed by atoms with E-state index in [1.54, 1.807) is 30.6 Å². The largest absolute Gasteiger partial charge is 0.504 e. The molecule has 2 heterocycles. The Morgan fingerprint density at radius 2 is 2.15 bits per heavy atom. The fourth-order valence-corrected chi connectivity index (χ4v) is 3.40. The number of halogens is 1. The zero-order valence-electron chi connectivity index (χ0n) is 13.9. The second-order valence-corrected chi connectivity index (χ2v) is 6.50. The number of imidazole rings is 1. The van der Waals surface area contributed by atoms with Crippen LogP contribution in [0, 0.1) is 0 Å². The van der Waals surface area contributed by atoms with E-state index in [0.29, 0.717) is 16.6 Å². The van der Waals surface area contributed by atoms with Crippen molar-refractivity contribution in [1.82, 2.24) is 9.55 Å². The summed E-state index contributed by atoms with van der Waals surface area (Å²) >= 11 is 6.09. The summed E-state index contributed by atoms with van der Waals surface area (Å²) in [7, 11) is 1.49. The van der Waals surface area contributed by atoms with Crippen molar-refractivity contribution in [1.29, 1.82) is 0 Å². The molecule has 132 valence electrons. The van der Waals surface area contributed by atoms with E-state index in [1.807, 2.05) is 22.8 Å². The molecule has 1 amide bonds. The Bertz CT molecular complexity index is 999. The van der Waals surface area contributed by atoms with Crippen LogP contribution in [-0.2, 0) is 4.79 Å². The Kier molecular flexibility index (Phi) is 4.05. The third-order valence-electron chi connectivity index (χ3n) is 4.47. The first-order valence-electron chi connectivity index (χ1n) is 8.06. The highest BCUT2D eigenvalue weighted by Gasteiger charge is 2.31. The van der Waals surface area contributed by atoms with Gasteiger partial charge >= 0.3 is 0 Å². The molecule has 2 aromatic carbocycles. The highest BCUT2D eigenvalue weighted by atomic mass is 35.5. The van der Waals surface area contributed by atoms with Gasteiger partial charge in [0.1, 0.15) is 12.1 Å². The Balaban J connectivity index is 1.81. The van der Waals surface area contributed by atoms with E-state index >= 15 is 0 Å². The van der Waals surface area contributed by atoms with Gasteiger partial charge in [-0.25, -0.2) is 4.98 Å². The minimum absolute atomic E-state index is 0.0567. The summed E-state index contributed by atoms with van der Waals surface area (Å²) in [4.78, 5) is 16.9. The Morgan fingerprint density at radius 1 is 1.31 bits per heavy atom. The van der Waals surface area contributed by atoms with Gasteiger partial charge in [-0.05, 0) is 35.9 Å². The molecular formula is C19H16ClN3O3. The van der Waals surface area contributed by atoms with Crippen LogP contribution in [0.25, 0.3) is 5.69 Å². The molecule has 0 fully saturated rings. The van der Waals surface area contributed by atoms with Crippen molar-refractivity contribution in [2.45, 2.75) is 12.3 Å². The number of nitrogens with one attached hydrogen (secondary N) is 1. The maximum absolute atomic E-state index is 12.3. The second-order valence-electron chi connectivity index (χ2n) is 6.06. The van der Waals surface area contributed by atoms with Gasteiger partial charge in [-0.15, -0.1) is 0 Å². The highest BCUT2D eigenvalue weighted by molar-refractivity contribution is 6.30. The van der Waals surface area contributed by atoms with E-state index in [0.717, 1.165) is 16.9 Å². The van der Waals surface area contributed by atoms with Gasteiger partial charge < -0.3 is 15.2 Å². The van der Waals surface area contributed by atoms with Crippen molar-refractivity contribution >= 4 is 23.3 Å². The lowest BCUT2D eigenvalue weighted by Gasteiger charge is -2.23. The molecule has 0 aliphatic carbocycles. The first kappa shape index (κ1) is 16.5. The average Bonchev–Trinajstić information content (AvgIpc) is 3.05. The molecule has 2 N–H and O–H groups in total. The highest BCUT2D eigenvalue weighted by Crippen LogP contribution is 2.40. The van der Waals surface area contributed by atoms with Gasteiger partial charge in [0.2, 0.25) is 5.91 Å². The standard InChI is InChI=1S/C19H16ClN3O3/c1-26-16-7-11(5-6-15(16)24)14-9-17(25)22-19-18(14)21-10-23(19)13-4-2-3-12(20)8-13/h2-8,10,14,24H,9H2,1H3,(H,22,25)/t14-/m0/s1. The summed E-state index contributed by atoms with van der Waals surface area (Å²) in [6.45, 7) is 0. The van der Waals surface area contributed by atoms with Gasteiger partial charge in [0, 0.05) is 23.0 Å². The molecule has 0 spiro atoms. The van der Waals surface area contributed by atoms with E-state index < -0.39 is 0 Å². The summed E-state index contributed by atoms with van der Waals surface area (Å²) in [6, 6.07) is 12.4. The number of anilines is 1. The monoisotopic (exact) mass is 369 g/mol. The van der Waals surface area contributed by atoms with Gasteiger partial charge in [0.15, 0.2) is 11.5 Å². The Labute approximate surface area is 155 Å². The number of phenolic OH excluding ortho intramolecular Hbond substituents is 1. The van der Waals surface area contributed by atoms with Gasteiger partial charge in [-0.1, -0.05) is 23.7 Å². The number of carbonyl (C=O) groups is 1. The van der Waals surface area contributed by atoms with Crippen LogP contribution in [0.3, 0.4) is 0 Å². The normalized spacial score (nSPS) is 16.1. The van der Waals surface area contributed by atoms with Gasteiger partial charge in [-0.3, -0.25) is 9.36 Å². The molecular weight excluding hydrogens is 354 g/mol. The SMILES string of the molecule is COc1cc([C@@H]2CC(=O)Nc3c2ncn3-c2cccc(Cl)c2)ccc1O. The summed E-state index contributed by atoms with van der Waals surface area (Å²) in [5.41, 5.74) is 2.43. The summed E-state index contributed by atoms with van der Waals surface area (Å²) in [6.07, 6.45) is 1.94. The smallest absolute Gasteiger partial charge is 0.226 e. The van der Waals surface area contributed by atoms with Gasteiger partial charge in [0.05, 0.1) is 12.8 Å². The number of rotatable bonds is 3. The predicted octanol–water partition coefficient (Wildman–Crippen LogP) is 3.71. The number of phenols is 1. The topological polar surface area (TPSA) is 76.4 Å². The Morgan fingerprint density at radius 3 is 2.92 bits per heavy atom. The third-order valence-corrected chi connectivity index (χ3v) is 4.70. The van der Waals surface area contributed by atoms with Crippen molar-refractivity contribution < 1.29 is 14.6 Å². The van der Waals surface area contributed by atoms with Crippen LogP contribution in [0.15, 0.2) is 48.8 Å². The molecule has 1 aliphatic rings. The third kappa shape index (κ3) is 2.78. The molecule has 0 radical (unpaired) electrons. The first-order valence-corrected chi connectivity index (χ1v) is 8.44. The number of fused-ring (bicyclic) bond motifs is 1. The fraction of sp³-hybridized carbons (Fsp3) is 0.158. The molecule has 4 rings (SSSR count). The second kappa shape index (κ2) is 6.38. The van der Waals surface area contributed by atoms with Crippen LogP contribution < -0.4 is 10.1 Å². The fourth-order valence-electron chi connectivity index (χ4n) is 3.22. The molecule has 6 nitrogen and oxygen atoms in total. The summed E-state index contributed by atoms with van der Waals surface area (Å²) in [5, 5.41) is 13.3. The van der Waals surface area contributed by atoms with Crippen LogP contribution in [0.5, 0.6) is 11.5 Å². The van der Waals surface area contributed by atoms with Crippen molar-refractivity contribution in [2.24, 2.45) is 0 Å². The minimum Gasteiger partial charge on any atom is -0.504 e. The zero-order valence-corrected chi connectivity index (χ0v) is 14.7. The predicted molar refractivity (Wildman–Crippen MR) is 98.3 cm³/mol. The number of benzene rings is 2. The molecule has 1 aromatic heterocycles. The number of nitrogens with zero attached hydrogens (tertiary/aromatic N) is 2. The van der Waals surface area contributed by atoms with E-state index in [9.17, 15) is 9.90 Å². The van der Waals surface area contributed by atoms with Crippen LogP contribution in [0.1, 0.15) is 23.6 Å². The molecule has 3 aromatic rings. The molecule has 1 atom stereocenters. The quantitative estimate of drug-likeness (QED) is 0.737. The van der Waals surface area contributed by atoms with Crippen molar-refractivity contribution in [3.05, 3.63) is 65.1 Å². The number of hydrogen-bond acceptors (Lipinski definition) is 4. The number of amides is 1. The number of aromatic hydroxyl groups is 1. The lowest BCUT2D eigenvalue weighted by molar-refractivity contribution is -0.116. The number of carbonyl (C=O) groups excluding carboxylic acids is 1. The molecule has 0 saturated heterocycles. The van der Waals surface area contributed by atoms with Gasteiger partial charge in [-0.2, -0.15) is 0 Å². The van der Waals surface area contributed by atoms with Crippen LogP contribution >= 0.6 is 11.6 Å².